The van der Waals surface area contributed by atoms with Crippen LogP contribution in [0.25, 0.3) is 5.65 Å². The van der Waals surface area contributed by atoms with Crippen molar-refractivity contribution < 1.29 is 9.13 Å². The highest BCUT2D eigenvalue weighted by molar-refractivity contribution is 5.45. The molecule has 0 saturated heterocycles. The fourth-order valence-electron chi connectivity index (χ4n) is 1.74. The van der Waals surface area contributed by atoms with E-state index in [9.17, 15) is 4.39 Å². The molecule has 0 spiro atoms. The van der Waals surface area contributed by atoms with Gasteiger partial charge in [-0.2, -0.15) is 4.52 Å². The van der Waals surface area contributed by atoms with Gasteiger partial charge < -0.3 is 10.5 Å². The molecule has 2 aromatic heterocycles. The van der Waals surface area contributed by atoms with Crippen LogP contribution in [0.5, 0.6) is 5.75 Å². The van der Waals surface area contributed by atoms with Crippen LogP contribution < -0.4 is 10.5 Å². The van der Waals surface area contributed by atoms with Gasteiger partial charge in [0.2, 0.25) is 0 Å². The Bertz CT molecular complexity index is 725. The molecule has 0 radical (unpaired) electrons. The highest BCUT2D eigenvalue weighted by Gasteiger charge is 2.07. The predicted octanol–water partition coefficient (Wildman–Crippen LogP) is 2.03. The molecule has 19 heavy (non-hydrogen) atoms. The normalized spacial score (nSPS) is 10.8. The van der Waals surface area contributed by atoms with Crippen LogP contribution in [0.2, 0.25) is 0 Å². The first kappa shape index (κ1) is 11.5. The molecule has 0 aliphatic rings. The molecular weight excluding hydrogens is 247 g/mol. The van der Waals surface area contributed by atoms with Gasteiger partial charge in [-0.15, -0.1) is 5.10 Å². The Morgan fingerprint density at radius 2 is 2.00 bits per heavy atom. The molecule has 96 valence electrons. The van der Waals surface area contributed by atoms with Gasteiger partial charge in [-0.05, 0) is 24.3 Å². The van der Waals surface area contributed by atoms with Gasteiger partial charge >= 0.3 is 0 Å². The molecule has 0 fully saturated rings. The second-order valence-electron chi connectivity index (χ2n) is 3.97. The van der Waals surface area contributed by atoms with E-state index in [-0.39, 0.29) is 12.4 Å². The van der Waals surface area contributed by atoms with E-state index >= 15 is 0 Å². The monoisotopic (exact) mass is 258 g/mol. The van der Waals surface area contributed by atoms with E-state index in [0.29, 0.717) is 17.3 Å². The number of nitrogens with two attached hydrogens (primary N) is 1. The van der Waals surface area contributed by atoms with Crippen LogP contribution in [0, 0.1) is 5.82 Å². The summed E-state index contributed by atoms with van der Waals surface area (Å²) < 4.78 is 20.2. The van der Waals surface area contributed by atoms with Crippen LogP contribution in [-0.2, 0) is 6.61 Å². The number of nitrogens with zero attached hydrogens (tertiary/aromatic N) is 3. The Balaban J connectivity index is 1.83. The maximum absolute atomic E-state index is 13.4. The van der Waals surface area contributed by atoms with Gasteiger partial charge in [0.15, 0.2) is 23.0 Å². The first-order valence-electron chi connectivity index (χ1n) is 5.71. The zero-order chi connectivity index (χ0) is 13.2. The first-order chi connectivity index (χ1) is 9.24. The molecule has 0 saturated carbocycles. The molecule has 6 heteroatoms. The van der Waals surface area contributed by atoms with Crippen molar-refractivity contribution in [3.8, 4) is 5.75 Å². The summed E-state index contributed by atoms with van der Waals surface area (Å²) >= 11 is 0. The van der Waals surface area contributed by atoms with E-state index in [1.807, 2.05) is 0 Å². The number of hydrogen-bond donors (Lipinski definition) is 1. The van der Waals surface area contributed by atoms with Crippen molar-refractivity contribution in [2.24, 2.45) is 0 Å². The number of anilines is 1. The number of pyridine rings is 1. The van der Waals surface area contributed by atoms with Gasteiger partial charge in [0, 0.05) is 0 Å². The summed E-state index contributed by atoms with van der Waals surface area (Å²) in [4.78, 5) is 4.24. The maximum Gasteiger partial charge on any atom is 0.189 e. The second kappa shape index (κ2) is 4.56. The molecule has 1 aromatic carbocycles. The van der Waals surface area contributed by atoms with Crippen molar-refractivity contribution in [1.82, 2.24) is 14.6 Å². The molecule has 0 aliphatic heterocycles. The zero-order valence-corrected chi connectivity index (χ0v) is 9.95. The number of benzene rings is 1. The van der Waals surface area contributed by atoms with Crippen molar-refractivity contribution >= 4 is 11.5 Å². The van der Waals surface area contributed by atoms with Crippen molar-refractivity contribution in [3.05, 3.63) is 54.1 Å². The molecule has 0 aliphatic carbocycles. The highest BCUT2D eigenvalue weighted by Crippen LogP contribution is 2.16. The van der Waals surface area contributed by atoms with Gasteiger partial charge in [-0.1, -0.05) is 18.2 Å². The van der Waals surface area contributed by atoms with E-state index in [1.54, 1.807) is 36.4 Å². The zero-order valence-electron chi connectivity index (χ0n) is 9.95. The van der Waals surface area contributed by atoms with Crippen molar-refractivity contribution in [3.63, 3.8) is 0 Å². The SMILES string of the molecule is Nc1cccc2nc(COc3ccccc3F)nn12. The second-order valence-corrected chi connectivity index (χ2v) is 3.97. The molecule has 3 rings (SSSR count). The lowest BCUT2D eigenvalue weighted by atomic mass is 10.3. The van der Waals surface area contributed by atoms with E-state index in [4.69, 9.17) is 10.5 Å². The number of para-hydroxylation sites is 1. The van der Waals surface area contributed by atoms with Crippen LogP contribution in [0.15, 0.2) is 42.5 Å². The molecule has 0 atom stereocenters. The van der Waals surface area contributed by atoms with Crippen molar-refractivity contribution in [1.29, 1.82) is 0 Å². The van der Waals surface area contributed by atoms with Gasteiger partial charge in [0.25, 0.3) is 0 Å². The average molecular weight is 258 g/mol. The number of aromatic nitrogens is 3. The molecule has 5 nitrogen and oxygen atoms in total. The number of rotatable bonds is 3. The molecule has 0 bridgehead atoms. The van der Waals surface area contributed by atoms with Crippen LogP contribution >= 0.6 is 0 Å². The van der Waals surface area contributed by atoms with Crippen LogP contribution in [0.3, 0.4) is 0 Å². The van der Waals surface area contributed by atoms with E-state index < -0.39 is 5.82 Å². The predicted molar refractivity (Wildman–Crippen MR) is 68.1 cm³/mol. The number of ether oxygens (including phenoxy) is 1. The molecule has 3 aromatic rings. The Hall–Kier alpha value is -2.63. The Labute approximate surface area is 108 Å². The third kappa shape index (κ3) is 2.20. The van der Waals surface area contributed by atoms with Gasteiger partial charge in [-0.3, -0.25) is 0 Å². The number of hydrogen-bond acceptors (Lipinski definition) is 4. The first-order valence-corrected chi connectivity index (χ1v) is 5.71. The maximum atomic E-state index is 13.4. The third-order valence-electron chi connectivity index (χ3n) is 2.63. The van der Waals surface area contributed by atoms with E-state index in [0.717, 1.165) is 0 Å². The van der Waals surface area contributed by atoms with Crippen LogP contribution in [0.4, 0.5) is 10.2 Å². The lowest BCUT2D eigenvalue weighted by Gasteiger charge is -2.03. The summed E-state index contributed by atoms with van der Waals surface area (Å²) in [6, 6.07) is 11.5. The van der Waals surface area contributed by atoms with Crippen LogP contribution in [-0.4, -0.2) is 14.6 Å². The molecule has 2 N–H and O–H groups in total. The quantitative estimate of drug-likeness (QED) is 0.780. The minimum absolute atomic E-state index is 0.0854. The van der Waals surface area contributed by atoms with Crippen molar-refractivity contribution in [2.45, 2.75) is 6.61 Å². The Morgan fingerprint density at radius 3 is 2.79 bits per heavy atom. The molecule has 2 heterocycles. The minimum Gasteiger partial charge on any atom is -0.482 e. The van der Waals surface area contributed by atoms with Gasteiger partial charge in [-0.25, -0.2) is 9.37 Å². The topological polar surface area (TPSA) is 65.4 Å². The molecular formula is C13H11FN4O. The van der Waals surface area contributed by atoms with Gasteiger partial charge in [0.05, 0.1) is 0 Å². The number of fused-ring (bicyclic) bond motifs is 1. The molecule has 0 unspecified atom stereocenters. The average Bonchev–Trinajstić information content (AvgIpc) is 2.82. The smallest absolute Gasteiger partial charge is 0.189 e. The highest BCUT2D eigenvalue weighted by atomic mass is 19.1. The summed E-state index contributed by atoms with van der Waals surface area (Å²) in [6.07, 6.45) is 0. The number of halogens is 1. The minimum atomic E-state index is -0.411. The summed E-state index contributed by atoms with van der Waals surface area (Å²) in [6.45, 7) is 0.0854. The van der Waals surface area contributed by atoms with E-state index in [1.165, 1.54) is 10.6 Å². The summed E-state index contributed by atoms with van der Waals surface area (Å²) in [5.74, 6) is 0.698. The summed E-state index contributed by atoms with van der Waals surface area (Å²) in [5, 5.41) is 4.19. The summed E-state index contributed by atoms with van der Waals surface area (Å²) in [5.41, 5.74) is 6.39. The lowest BCUT2D eigenvalue weighted by molar-refractivity contribution is 0.281. The fraction of sp³-hybridized carbons (Fsp3) is 0.0769. The lowest BCUT2D eigenvalue weighted by Crippen LogP contribution is -2.01. The fourth-order valence-corrected chi connectivity index (χ4v) is 1.74. The van der Waals surface area contributed by atoms with Crippen molar-refractivity contribution in [2.75, 3.05) is 5.73 Å². The summed E-state index contributed by atoms with van der Waals surface area (Å²) in [7, 11) is 0. The van der Waals surface area contributed by atoms with Gasteiger partial charge in [0.1, 0.15) is 12.4 Å². The molecule has 0 amide bonds. The number of nitrogen functional groups attached to an aromatic ring is 1. The standard InChI is InChI=1S/C13H11FN4O/c14-9-4-1-2-5-10(9)19-8-12-16-13-7-3-6-11(15)18(13)17-12/h1-7H,8,15H2. The largest absolute Gasteiger partial charge is 0.482 e. The Kier molecular flexibility index (Phi) is 2.75. The van der Waals surface area contributed by atoms with E-state index in [2.05, 4.69) is 10.1 Å². The third-order valence-corrected chi connectivity index (χ3v) is 2.63. The van der Waals surface area contributed by atoms with Crippen LogP contribution in [0.1, 0.15) is 5.82 Å². The Morgan fingerprint density at radius 1 is 1.16 bits per heavy atom.